The second kappa shape index (κ2) is 43.0. The Balaban J connectivity index is 4.33. The molecular formula is C51H100N2O6P+. The molecule has 9 heteroatoms. The molecule has 0 heterocycles. The highest BCUT2D eigenvalue weighted by Crippen LogP contribution is 2.43. The highest BCUT2D eigenvalue weighted by molar-refractivity contribution is 7.47. The van der Waals surface area contributed by atoms with E-state index in [1.807, 2.05) is 27.2 Å². The minimum absolute atomic E-state index is 0.0599. The second-order valence-corrected chi connectivity index (χ2v) is 20.0. The summed E-state index contributed by atoms with van der Waals surface area (Å²) in [5.41, 5.74) is 0. The van der Waals surface area contributed by atoms with Gasteiger partial charge >= 0.3 is 7.82 Å². The molecule has 0 saturated carbocycles. The van der Waals surface area contributed by atoms with Crippen LogP contribution in [0.15, 0.2) is 36.5 Å². The van der Waals surface area contributed by atoms with E-state index in [0.29, 0.717) is 17.4 Å². The summed E-state index contributed by atoms with van der Waals surface area (Å²) >= 11 is 0. The van der Waals surface area contributed by atoms with E-state index < -0.39 is 20.0 Å². The number of allylic oxidation sites excluding steroid dienone is 5. The van der Waals surface area contributed by atoms with Gasteiger partial charge in [-0.1, -0.05) is 211 Å². The Bertz CT molecular complexity index is 1070. The fourth-order valence-electron chi connectivity index (χ4n) is 7.31. The molecule has 60 heavy (non-hydrogen) atoms. The lowest BCUT2D eigenvalue weighted by molar-refractivity contribution is -0.870. The van der Waals surface area contributed by atoms with Gasteiger partial charge in [0.15, 0.2) is 0 Å². The maximum atomic E-state index is 12.9. The van der Waals surface area contributed by atoms with Crippen LogP contribution in [0.4, 0.5) is 0 Å². The topological polar surface area (TPSA) is 105 Å². The van der Waals surface area contributed by atoms with Crippen molar-refractivity contribution in [2.24, 2.45) is 0 Å². The molecule has 0 radical (unpaired) electrons. The van der Waals surface area contributed by atoms with Crippen molar-refractivity contribution in [2.45, 2.75) is 244 Å². The number of quaternary nitrogens is 1. The summed E-state index contributed by atoms with van der Waals surface area (Å²) in [6.45, 7) is 4.80. The van der Waals surface area contributed by atoms with Gasteiger partial charge in [-0.15, -0.1) is 0 Å². The first-order chi connectivity index (χ1) is 29.0. The lowest BCUT2D eigenvalue weighted by Crippen LogP contribution is -2.45. The number of hydrogen-bond acceptors (Lipinski definition) is 5. The standard InChI is InChI=1S/C51H99N2O6P/c1-6-8-10-12-14-16-18-20-22-24-25-26-27-29-30-32-34-36-38-40-42-44-50(54)49(48-59-60(56,57)58-47-46-53(3,4)5)52-51(55)45-43-41-39-37-35-33-31-28-23-21-19-17-15-13-11-9-7-2/h15,17,21,23,42,44,49-50,54H,6-14,16,18-20,22,24-41,43,45-48H2,1-5H3,(H-,52,55,56,57)/p+1/b17-15-,23-21-,44-42+. The summed E-state index contributed by atoms with van der Waals surface area (Å²) in [7, 11) is 1.57. The molecule has 1 amide bonds. The molecule has 0 aromatic rings. The van der Waals surface area contributed by atoms with Crippen LogP contribution in [0.1, 0.15) is 232 Å². The quantitative estimate of drug-likeness (QED) is 0.0244. The first-order valence-corrected chi connectivity index (χ1v) is 26.9. The largest absolute Gasteiger partial charge is 0.472 e. The van der Waals surface area contributed by atoms with Gasteiger partial charge in [0, 0.05) is 6.42 Å². The zero-order valence-corrected chi connectivity index (χ0v) is 41.1. The SMILES string of the molecule is CCCCC/C=C\C/C=C\CCCCCCCCCC(=O)NC(COP(=O)(O)OCC[N+](C)(C)C)C(O)/C=C/CCCCCCCCCCCCCCCCCCCCC. The fourth-order valence-corrected chi connectivity index (χ4v) is 8.04. The van der Waals surface area contributed by atoms with Crippen LogP contribution in [-0.4, -0.2) is 73.4 Å². The number of carbonyl (C=O) groups is 1. The number of aliphatic hydroxyl groups excluding tert-OH is 1. The number of phosphoric acid groups is 1. The zero-order valence-electron chi connectivity index (χ0n) is 40.2. The summed E-state index contributed by atoms with van der Waals surface area (Å²) in [6, 6.07) is -0.850. The van der Waals surface area contributed by atoms with Gasteiger partial charge < -0.3 is 19.8 Å². The average Bonchev–Trinajstić information content (AvgIpc) is 3.20. The summed E-state index contributed by atoms with van der Waals surface area (Å²) in [5, 5.41) is 13.9. The molecule has 0 aromatic heterocycles. The molecule has 0 saturated heterocycles. The van der Waals surface area contributed by atoms with Crippen molar-refractivity contribution in [3.63, 3.8) is 0 Å². The Morgan fingerprint density at radius 2 is 0.950 bits per heavy atom. The molecule has 0 rings (SSSR count). The average molecular weight is 868 g/mol. The van der Waals surface area contributed by atoms with Gasteiger partial charge in [-0.3, -0.25) is 13.8 Å². The van der Waals surface area contributed by atoms with Crippen molar-refractivity contribution in [2.75, 3.05) is 40.9 Å². The van der Waals surface area contributed by atoms with Gasteiger partial charge in [-0.25, -0.2) is 4.57 Å². The number of carbonyl (C=O) groups excluding carboxylic acids is 1. The van der Waals surface area contributed by atoms with E-state index in [1.54, 1.807) is 6.08 Å². The van der Waals surface area contributed by atoms with Gasteiger partial charge in [0.25, 0.3) is 0 Å². The minimum Gasteiger partial charge on any atom is -0.387 e. The van der Waals surface area contributed by atoms with E-state index in [-0.39, 0.29) is 19.1 Å². The molecule has 3 atom stereocenters. The Morgan fingerprint density at radius 3 is 1.40 bits per heavy atom. The van der Waals surface area contributed by atoms with Crippen LogP contribution in [0.3, 0.4) is 0 Å². The highest BCUT2D eigenvalue weighted by Gasteiger charge is 2.27. The molecule has 3 unspecified atom stereocenters. The highest BCUT2D eigenvalue weighted by atomic mass is 31.2. The van der Waals surface area contributed by atoms with E-state index in [9.17, 15) is 19.4 Å². The van der Waals surface area contributed by atoms with Gasteiger partial charge in [0.2, 0.25) is 5.91 Å². The third-order valence-electron chi connectivity index (χ3n) is 11.4. The maximum Gasteiger partial charge on any atom is 0.472 e. The summed E-state index contributed by atoms with van der Waals surface area (Å²) < 4.78 is 23.6. The first-order valence-electron chi connectivity index (χ1n) is 25.4. The lowest BCUT2D eigenvalue weighted by atomic mass is 10.0. The molecular weight excluding hydrogens is 768 g/mol. The van der Waals surface area contributed by atoms with Gasteiger partial charge in [-0.05, 0) is 51.4 Å². The summed E-state index contributed by atoms with van der Waals surface area (Å²) in [6.07, 6.45) is 53.6. The number of nitrogens with one attached hydrogen (secondary N) is 1. The van der Waals surface area contributed by atoms with Gasteiger partial charge in [0.05, 0.1) is 39.9 Å². The lowest BCUT2D eigenvalue weighted by Gasteiger charge is -2.25. The van der Waals surface area contributed by atoms with E-state index in [0.717, 1.165) is 51.4 Å². The molecule has 0 spiro atoms. The van der Waals surface area contributed by atoms with Crippen LogP contribution in [-0.2, 0) is 18.4 Å². The molecule has 0 aromatic carbocycles. The van der Waals surface area contributed by atoms with Crippen LogP contribution in [0.25, 0.3) is 0 Å². The van der Waals surface area contributed by atoms with Gasteiger partial charge in [0.1, 0.15) is 13.2 Å². The zero-order chi connectivity index (χ0) is 44.3. The Kier molecular flexibility index (Phi) is 42.1. The number of unbranched alkanes of at least 4 members (excludes halogenated alkanes) is 29. The number of nitrogens with zero attached hydrogens (tertiary/aromatic N) is 1. The minimum atomic E-state index is -4.34. The van der Waals surface area contributed by atoms with Crippen LogP contribution in [0, 0.1) is 0 Å². The predicted octanol–water partition coefficient (Wildman–Crippen LogP) is 14.6. The van der Waals surface area contributed by atoms with Crippen LogP contribution < -0.4 is 5.32 Å². The van der Waals surface area contributed by atoms with E-state index >= 15 is 0 Å². The van der Waals surface area contributed by atoms with Crippen molar-refractivity contribution in [1.82, 2.24) is 5.32 Å². The monoisotopic (exact) mass is 868 g/mol. The Morgan fingerprint density at radius 1 is 0.567 bits per heavy atom. The number of phosphoric ester groups is 1. The van der Waals surface area contributed by atoms with Crippen LogP contribution in [0.5, 0.6) is 0 Å². The Hall–Kier alpha value is -1.28. The normalized spacial score (nSPS) is 14.4. The van der Waals surface area contributed by atoms with Crippen molar-refractivity contribution >= 4 is 13.7 Å². The number of aliphatic hydroxyl groups is 1. The molecule has 0 aliphatic heterocycles. The van der Waals surface area contributed by atoms with E-state index in [2.05, 4.69) is 43.5 Å². The molecule has 8 nitrogen and oxygen atoms in total. The molecule has 0 bridgehead atoms. The summed E-state index contributed by atoms with van der Waals surface area (Å²) in [5.74, 6) is -0.184. The van der Waals surface area contributed by atoms with Crippen LogP contribution in [0.2, 0.25) is 0 Å². The number of amides is 1. The first kappa shape index (κ1) is 58.7. The number of likely N-dealkylation sites (N-methyl/N-ethyl adjacent to an activating group) is 1. The van der Waals surface area contributed by atoms with E-state index in [4.69, 9.17) is 9.05 Å². The number of rotatable bonds is 46. The number of hydrogen-bond donors (Lipinski definition) is 3. The Labute approximate surface area is 372 Å². The van der Waals surface area contributed by atoms with Gasteiger partial charge in [-0.2, -0.15) is 0 Å². The molecule has 0 fully saturated rings. The van der Waals surface area contributed by atoms with Crippen LogP contribution >= 0.6 is 7.82 Å². The molecule has 354 valence electrons. The smallest absolute Gasteiger partial charge is 0.387 e. The van der Waals surface area contributed by atoms with Crippen molar-refractivity contribution < 1.29 is 32.9 Å². The third-order valence-corrected chi connectivity index (χ3v) is 12.3. The van der Waals surface area contributed by atoms with E-state index in [1.165, 1.54) is 161 Å². The molecule has 3 N–H and O–H groups in total. The predicted molar refractivity (Wildman–Crippen MR) is 258 cm³/mol. The second-order valence-electron chi connectivity index (χ2n) is 18.5. The third kappa shape index (κ3) is 44.8. The van der Waals surface area contributed by atoms with Crippen molar-refractivity contribution in [1.29, 1.82) is 0 Å². The van der Waals surface area contributed by atoms with Crippen molar-refractivity contribution in [3.8, 4) is 0 Å². The molecule has 0 aliphatic rings. The molecule has 0 aliphatic carbocycles. The van der Waals surface area contributed by atoms with Crippen molar-refractivity contribution in [3.05, 3.63) is 36.5 Å². The summed E-state index contributed by atoms with van der Waals surface area (Å²) in [4.78, 5) is 23.2. The maximum absolute atomic E-state index is 12.9. The fraction of sp³-hybridized carbons (Fsp3) is 0.863.